The monoisotopic (exact) mass is 309 g/mol. The van der Waals surface area contributed by atoms with E-state index in [1.807, 2.05) is 13.8 Å². The average Bonchev–Trinajstić information content (AvgIpc) is 2.67. The van der Waals surface area contributed by atoms with Crippen LogP contribution in [0.5, 0.6) is 0 Å². The van der Waals surface area contributed by atoms with E-state index in [2.05, 4.69) is 10.3 Å². The lowest BCUT2D eigenvalue weighted by Gasteiger charge is -2.14. The third-order valence-electron chi connectivity index (χ3n) is 3.21. The molecule has 112 valence electrons. The van der Waals surface area contributed by atoms with Gasteiger partial charge in [-0.15, -0.1) is 11.3 Å². The second-order valence-corrected chi connectivity index (χ2v) is 5.96. The molecular weight excluding hydrogens is 294 g/mol. The number of carboxylic acids is 1. The van der Waals surface area contributed by atoms with Gasteiger partial charge in [-0.25, -0.2) is 9.78 Å². The van der Waals surface area contributed by atoms with Crippen molar-refractivity contribution < 1.29 is 14.7 Å². The molecule has 1 amide bonds. The predicted octanol–water partition coefficient (Wildman–Crippen LogP) is 0.664. The number of rotatable bonds is 4. The van der Waals surface area contributed by atoms with Crippen LogP contribution in [-0.4, -0.2) is 32.6 Å². The van der Waals surface area contributed by atoms with E-state index in [9.17, 15) is 14.4 Å². The van der Waals surface area contributed by atoms with Crippen LogP contribution in [0.25, 0.3) is 10.2 Å². The number of carboxylic acid groups (broad SMARTS) is 1. The summed E-state index contributed by atoms with van der Waals surface area (Å²) in [4.78, 5) is 40.4. The molecule has 0 aliphatic heterocycles. The van der Waals surface area contributed by atoms with Gasteiger partial charge in [-0.05, 0) is 19.4 Å². The summed E-state index contributed by atoms with van der Waals surface area (Å²) < 4.78 is 1.22. The summed E-state index contributed by atoms with van der Waals surface area (Å²) in [6.07, 6.45) is 1.32. The molecule has 0 saturated heterocycles. The van der Waals surface area contributed by atoms with Gasteiger partial charge in [-0.1, -0.05) is 0 Å². The van der Waals surface area contributed by atoms with Crippen LogP contribution < -0.4 is 10.9 Å². The van der Waals surface area contributed by atoms with Crippen molar-refractivity contribution in [2.45, 2.75) is 33.4 Å². The van der Waals surface area contributed by atoms with Gasteiger partial charge in [-0.3, -0.25) is 14.2 Å². The molecule has 2 heterocycles. The van der Waals surface area contributed by atoms with Crippen molar-refractivity contribution in [3.8, 4) is 0 Å². The third-order valence-corrected chi connectivity index (χ3v) is 4.33. The number of thiophene rings is 1. The van der Waals surface area contributed by atoms with Gasteiger partial charge in [-0.2, -0.15) is 0 Å². The molecule has 2 aromatic rings. The Morgan fingerprint density at radius 1 is 1.48 bits per heavy atom. The van der Waals surface area contributed by atoms with Crippen LogP contribution in [0.1, 0.15) is 17.4 Å². The highest BCUT2D eigenvalue weighted by Crippen LogP contribution is 2.25. The number of nitrogens with zero attached hydrogens (tertiary/aromatic N) is 2. The number of aromatic nitrogens is 2. The molecule has 0 radical (unpaired) electrons. The van der Waals surface area contributed by atoms with E-state index in [-0.39, 0.29) is 12.1 Å². The van der Waals surface area contributed by atoms with E-state index >= 15 is 0 Å². The van der Waals surface area contributed by atoms with Crippen molar-refractivity contribution in [2.75, 3.05) is 0 Å². The van der Waals surface area contributed by atoms with Crippen molar-refractivity contribution in [3.05, 3.63) is 27.1 Å². The standard InChI is InChI=1S/C13H15N3O4S/c1-6-7(2)21-11-10(6)12(18)16(5-14-11)4-9(13(19)20)15-8(3)17/h5,9H,4H2,1-3H3,(H,15,17)(H,19,20). The number of aryl methyl sites for hydroxylation is 2. The number of aliphatic carboxylic acids is 1. The SMILES string of the molecule is CC(=O)NC(Cn1cnc2sc(C)c(C)c2c1=O)C(=O)O. The molecule has 0 fully saturated rings. The number of carbonyl (C=O) groups is 2. The molecule has 0 bridgehead atoms. The summed E-state index contributed by atoms with van der Waals surface area (Å²) in [6.45, 7) is 4.81. The van der Waals surface area contributed by atoms with Gasteiger partial charge >= 0.3 is 5.97 Å². The van der Waals surface area contributed by atoms with Crippen LogP contribution in [0.15, 0.2) is 11.1 Å². The quantitative estimate of drug-likeness (QED) is 0.864. The van der Waals surface area contributed by atoms with Gasteiger partial charge in [0.05, 0.1) is 18.3 Å². The first-order chi connectivity index (χ1) is 9.81. The lowest BCUT2D eigenvalue weighted by molar-refractivity contribution is -0.141. The highest BCUT2D eigenvalue weighted by Gasteiger charge is 2.21. The number of amides is 1. The molecule has 1 atom stereocenters. The largest absolute Gasteiger partial charge is 0.480 e. The molecule has 21 heavy (non-hydrogen) atoms. The normalized spacial score (nSPS) is 12.3. The van der Waals surface area contributed by atoms with E-state index in [1.54, 1.807) is 0 Å². The molecule has 0 spiro atoms. The summed E-state index contributed by atoms with van der Waals surface area (Å²) in [6, 6.07) is -1.17. The van der Waals surface area contributed by atoms with Crippen molar-refractivity contribution in [2.24, 2.45) is 0 Å². The smallest absolute Gasteiger partial charge is 0.328 e. The Labute approximate surface area is 124 Å². The number of carbonyl (C=O) groups excluding carboxylic acids is 1. The molecule has 1 unspecified atom stereocenters. The number of nitrogens with one attached hydrogen (secondary N) is 1. The minimum absolute atomic E-state index is 0.162. The third kappa shape index (κ3) is 2.94. The van der Waals surface area contributed by atoms with Crippen LogP contribution in [0.4, 0.5) is 0 Å². The summed E-state index contributed by atoms with van der Waals surface area (Å²) in [5.41, 5.74) is 0.562. The predicted molar refractivity (Wildman–Crippen MR) is 78.6 cm³/mol. The van der Waals surface area contributed by atoms with Crippen LogP contribution in [0.2, 0.25) is 0 Å². The van der Waals surface area contributed by atoms with Crippen LogP contribution >= 0.6 is 11.3 Å². The summed E-state index contributed by atoms with van der Waals surface area (Å²) in [5, 5.41) is 11.9. The topological polar surface area (TPSA) is 101 Å². The highest BCUT2D eigenvalue weighted by atomic mass is 32.1. The van der Waals surface area contributed by atoms with E-state index in [4.69, 9.17) is 5.11 Å². The molecule has 2 rings (SSSR count). The Balaban J connectivity index is 2.45. The second-order valence-electron chi connectivity index (χ2n) is 4.76. The van der Waals surface area contributed by atoms with Crippen molar-refractivity contribution in [1.82, 2.24) is 14.9 Å². The molecule has 0 saturated carbocycles. The Bertz CT molecular complexity index is 778. The summed E-state index contributed by atoms with van der Waals surface area (Å²) >= 11 is 1.43. The number of fused-ring (bicyclic) bond motifs is 1. The van der Waals surface area contributed by atoms with Gasteiger partial charge in [0.2, 0.25) is 5.91 Å². The average molecular weight is 309 g/mol. The van der Waals surface area contributed by atoms with E-state index < -0.39 is 17.9 Å². The lowest BCUT2D eigenvalue weighted by Crippen LogP contribution is -2.44. The fourth-order valence-corrected chi connectivity index (χ4v) is 3.02. The Morgan fingerprint density at radius 3 is 2.71 bits per heavy atom. The second kappa shape index (κ2) is 5.65. The van der Waals surface area contributed by atoms with Crippen LogP contribution in [0, 0.1) is 13.8 Å². The van der Waals surface area contributed by atoms with E-state index in [0.717, 1.165) is 10.4 Å². The minimum Gasteiger partial charge on any atom is -0.480 e. The highest BCUT2D eigenvalue weighted by molar-refractivity contribution is 7.18. The van der Waals surface area contributed by atoms with Crippen LogP contribution in [0.3, 0.4) is 0 Å². The zero-order valence-electron chi connectivity index (χ0n) is 11.8. The maximum Gasteiger partial charge on any atom is 0.328 e. The van der Waals surface area contributed by atoms with Gasteiger partial charge in [0.1, 0.15) is 10.9 Å². The zero-order valence-corrected chi connectivity index (χ0v) is 12.7. The summed E-state index contributed by atoms with van der Waals surface area (Å²) in [5.74, 6) is -1.66. The first-order valence-electron chi connectivity index (χ1n) is 6.26. The Morgan fingerprint density at radius 2 is 2.14 bits per heavy atom. The van der Waals surface area contributed by atoms with Crippen molar-refractivity contribution in [1.29, 1.82) is 0 Å². The molecule has 2 aromatic heterocycles. The maximum absolute atomic E-state index is 12.4. The molecule has 0 aliphatic carbocycles. The van der Waals surface area contributed by atoms with Gasteiger partial charge in [0.25, 0.3) is 5.56 Å². The molecular formula is C13H15N3O4S. The van der Waals surface area contributed by atoms with Gasteiger partial charge < -0.3 is 10.4 Å². The zero-order chi connectivity index (χ0) is 15.7. The van der Waals surface area contributed by atoms with Crippen LogP contribution in [-0.2, 0) is 16.1 Å². The van der Waals surface area contributed by atoms with Gasteiger partial charge in [0.15, 0.2) is 0 Å². The minimum atomic E-state index is -1.20. The molecule has 7 nitrogen and oxygen atoms in total. The van der Waals surface area contributed by atoms with E-state index in [0.29, 0.717) is 10.2 Å². The Kier molecular flexibility index (Phi) is 4.08. The molecule has 8 heteroatoms. The Hall–Kier alpha value is -2.22. The number of hydrogen-bond acceptors (Lipinski definition) is 5. The van der Waals surface area contributed by atoms with Crippen molar-refractivity contribution >= 4 is 33.4 Å². The molecule has 0 aliphatic rings. The lowest BCUT2D eigenvalue weighted by atomic mass is 10.2. The first kappa shape index (κ1) is 15.2. The maximum atomic E-state index is 12.4. The van der Waals surface area contributed by atoms with Gasteiger partial charge in [0, 0.05) is 11.8 Å². The number of hydrogen-bond donors (Lipinski definition) is 2. The summed E-state index contributed by atoms with van der Waals surface area (Å²) in [7, 11) is 0. The molecule has 2 N–H and O–H groups in total. The first-order valence-corrected chi connectivity index (χ1v) is 7.08. The van der Waals surface area contributed by atoms with Crippen molar-refractivity contribution in [3.63, 3.8) is 0 Å². The molecule has 0 aromatic carbocycles. The fourth-order valence-electron chi connectivity index (χ4n) is 2.03. The fraction of sp³-hybridized carbons (Fsp3) is 0.385. The van der Waals surface area contributed by atoms with E-state index in [1.165, 1.54) is 29.2 Å².